The zero-order chi connectivity index (χ0) is 23.8. The van der Waals surface area contributed by atoms with Gasteiger partial charge in [0, 0.05) is 24.5 Å². The molecule has 2 aliphatic heterocycles. The molecule has 2 aromatic rings. The largest absolute Gasteiger partial charge is 0.351 e. The van der Waals surface area contributed by atoms with Crippen LogP contribution in [0, 0.1) is 12.2 Å². The van der Waals surface area contributed by atoms with Crippen molar-refractivity contribution < 1.29 is 23.6 Å². The molecule has 2 N–H and O–H groups in total. The fraction of sp³-hybridized carbons (Fsp3) is 0.261. The van der Waals surface area contributed by atoms with Crippen molar-refractivity contribution in [3.05, 3.63) is 76.9 Å². The van der Waals surface area contributed by atoms with E-state index in [4.69, 9.17) is 17.3 Å². The Bertz CT molecular complexity index is 1110. The summed E-state index contributed by atoms with van der Waals surface area (Å²) in [5.41, 5.74) is 5.25. The van der Waals surface area contributed by atoms with Crippen LogP contribution < -0.4 is 5.73 Å². The molecule has 1 atom stereocenters. The molecule has 2 saturated heterocycles. The summed E-state index contributed by atoms with van der Waals surface area (Å²) in [5.74, 6) is -1.54. The summed E-state index contributed by atoms with van der Waals surface area (Å²) >= 11 is 5.89. The van der Waals surface area contributed by atoms with E-state index in [1.165, 1.54) is 40.5 Å². The lowest BCUT2D eigenvalue weighted by molar-refractivity contribution is -0.139. The van der Waals surface area contributed by atoms with E-state index in [0.717, 1.165) is 5.56 Å². The number of primary amides is 1. The van der Waals surface area contributed by atoms with E-state index in [1.807, 2.05) is 12.1 Å². The molecule has 6 amide bonds. The fourth-order valence-corrected chi connectivity index (χ4v) is 4.42. The molecule has 0 unspecified atom stereocenters. The van der Waals surface area contributed by atoms with Gasteiger partial charge in [0.05, 0.1) is 13.0 Å². The maximum Gasteiger partial charge on any atom is 0.336 e. The van der Waals surface area contributed by atoms with Gasteiger partial charge in [-0.2, -0.15) is 4.90 Å². The Morgan fingerprint density at radius 3 is 2.30 bits per heavy atom. The molecule has 33 heavy (non-hydrogen) atoms. The number of rotatable bonds is 5. The molecule has 2 fully saturated rings. The number of halogens is 2. The minimum absolute atomic E-state index is 0.00258. The van der Waals surface area contributed by atoms with Crippen molar-refractivity contribution in [2.75, 3.05) is 19.6 Å². The number of imide groups is 3. The maximum absolute atomic E-state index is 13.4. The van der Waals surface area contributed by atoms with Gasteiger partial charge in [-0.15, -0.1) is 0 Å². The van der Waals surface area contributed by atoms with Crippen molar-refractivity contribution in [3.8, 4) is 0 Å². The molecule has 1 radical (unpaired) electrons. The number of carbonyl (C=O) groups is 4. The summed E-state index contributed by atoms with van der Waals surface area (Å²) in [6, 6.07) is 10.6. The number of fused-ring (bicyclic) bond motifs is 1. The Hall–Kier alpha value is -3.46. The van der Waals surface area contributed by atoms with Crippen LogP contribution in [0.3, 0.4) is 0 Å². The first-order valence-corrected chi connectivity index (χ1v) is 10.7. The molecule has 0 aliphatic carbocycles. The molecule has 0 aromatic heterocycles. The Morgan fingerprint density at radius 2 is 1.67 bits per heavy atom. The second-order valence-electron chi connectivity index (χ2n) is 8.04. The molecule has 10 heteroatoms. The number of piperazine rings is 1. The SMILES string of the molecule is NC(=O)N1C(=O)N2CCN(C(=O)[CH]Cc3ccc(Cl)cc3)C[C@]2(Cc2ccc(F)cc2)C1=O. The summed E-state index contributed by atoms with van der Waals surface area (Å²) in [6.45, 7) is 0.123. The molecular formula is C23H21ClFN4O4. The average molecular weight is 472 g/mol. The van der Waals surface area contributed by atoms with Crippen LogP contribution >= 0.6 is 11.6 Å². The Labute approximate surface area is 194 Å². The molecule has 8 nitrogen and oxygen atoms in total. The van der Waals surface area contributed by atoms with Crippen molar-refractivity contribution in [1.82, 2.24) is 14.7 Å². The van der Waals surface area contributed by atoms with Gasteiger partial charge in [-0.3, -0.25) is 9.59 Å². The highest BCUT2D eigenvalue weighted by molar-refractivity contribution is 6.30. The highest BCUT2D eigenvalue weighted by Crippen LogP contribution is 2.35. The Kier molecular flexibility index (Phi) is 6.07. The molecule has 4 rings (SSSR count). The third-order valence-electron chi connectivity index (χ3n) is 5.95. The van der Waals surface area contributed by atoms with Crippen LogP contribution in [0.2, 0.25) is 5.02 Å². The summed E-state index contributed by atoms with van der Waals surface area (Å²) in [6.07, 6.45) is 1.86. The summed E-state index contributed by atoms with van der Waals surface area (Å²) in [7, 11) is 0. The first kappa shape index (κ1) is 22.7. The normalized spacial score (nSPS) is 20.2. The van der Waals surface area contributed by atoms with Crippen molar-refractivity contribution >= 4 is 35.5 Å². The molecule has 0 saturated carbocycles. The zero-order valence-electron chi connectivity index (χ0n) is 17.5. The first-order valence-electron chi connectivity index (χ1n) is 10.3. The van der Waals surface area contributed by atoms with Gasteiger partial charge in [0.1, 0.15) is 11.4 Å². The van der Waals surface area contributed by atoms with E-state index in [9.17, 15) is 23.6 Å². The van der Waals surface area contributed by atoms with E-state index in [1.54, 1.807) is 12.1 Å². The van der Waals surface area contributed by atoms with Crippen molar-refractivity contribution in [2.45, 2.75) is 18.4 Å². The highest BCUT2D eigenvalue weighted by Gasteiger charge is 2.61. The molecule has 0 spiro atoms. The smallest absolute Gasteiger partial charge is 0.336 e. The molecule has 171 valence electrons. The monoisotopic (exact) mass is 471 g/mol. The number of hydrogen-bond acceptors (Lipinski definition) is 4. The van der Waals surface area contributed by atoms with Gasteiger partial charge in [0.2, 0.25) is 5.91 Å². The van der Waals surface area contributed by atoms with Gasteiger partial charge < -0.3 is 15.5 Å². The Morgan fingerprint density at radius 1 is 1.03 bits per heavy atom. The topological polar surface area (TPSA) is 104 Å². The van der Waals surface area contributed by atoms with Crippen LogP contribution in [-0.4, -0.2) is 63.7 Å². The highest BCUT2D eigenvalue weighted by atomic mass is 35.5. The molecule has 2 aliphatic rings. The minimum Gasteiger partial charge on any atom is -0.351 e. The Balaban J connectivity index is 1.58. The van der Waals surface area contributed by atoms with Crippen LogP contribution in [0.25, 0.3) is 0 Å². The van der Waals surface area contributed by atoms with Gasteiger partial charge >= 0.3 is 12.1 Å². The van der Waals surface area contributed by atoms with E-state index in [0.29, 0.717) is 21.9 Å². The van der Waals surface area contributed by atoms with Gasteiger partial charge in [0.15, 0.2) is 0 Å². The predicted molar refractivity (Wildman–Crippen MR) is 117 cm³/mol. The second-order valence-corrected chi connectivity index (χ2v) is 8.48. The number of carbonyl (C=O) groups excluding carboxylic acids is 4. The summed E-state index contributed by atoms with van der Waals surface area (Å²) in [5, 5.41) is 0.590. The van der Waals surface area contributed by atoms with Crippen molar-refractivity contribution in [2.24, 2.45) is 5.73 Å². The number of nitrogens with zero attached hydrogens (tertiary/aromatic N) is 3. The van der Waals surface area contributed by atoms with Crippen LogP contribution in [0.4, 0.5) is 14.0 Å². The maximum atomic E-state index is 13.4. The van der Waals surface area contributed by atoms with E-state index in [2.05, 4.69) is 0 Å². The third kappa shape index (κ3) is 4.28. The minimum atomic E-state index is -1.51. The number of urea groups is 2. The predicted octanol–water partition coefficient (Wildman–Crippen LogP) is 2.39. The quantitative estimate of drug-likeness (QED) is 0.676. The van der Waals surface area contributed by atoms with Crippen LogP contribution in [-0.2, 0) is 22.4 Å². The second kappa shape index (κ2) is 8.82. The van der Waals surface area contributed by atoms with Gasteiger partial charge in [-0.1, -0.05) is 35.9 Å². The van der Waals surface area contributed by atoms with E-state index < -0.39 is 29.3 Å². The fourth-order valence-electron chi connectivity index (χ4n) is 4.30. The summed E-state index contributed by atoms with van der Waals surface area (Å²) < 4.78 is 13.4. The van der Waals surface area contributed by atoms with Gasteiger partial charge in [-0.05, 0) is 41.8 Å². The zero-order valence-corrected chi connectivity index (χ0v) is 18.3. The lowest BCUT2D eigenvalue weighted by Crippen LogP contribution is -2.65. The van der Waals surface area contributed by atoms with Gasteiger partial charge in [-0.25, -0.2) is 14.0 Å². The van der Waals surface area contributed by atoms with Crippen LogP contribution in [0.1, 0.15) is 11.1 Å². The molecule has 2 heterocycles. The lowest BCUT2D eigenvalue weighted by Gasteiger charge is -2.44. The summed E-state index contributed by atoms with van der Waals surface area (Å²) in [4.78, 5) is 54.1. The number of nitrogens with two attached hydrogens (primary N) is 1. The standard InChI is InChI=1S/C23H21ClFN4O4/c24-17-6-1-15(2-7-17)5-10-19(30)27-11-12-28-22(33)29(21(26)32)20(31)23(28,14-27)13-16-3-8-18(25)9-4-16/h1-4,6-10H,5,11-14H2,(H2,26,32)/t23-/m1/s1. The number of benzene rings is 2. The first-order chi connectivity index (χ1) is 15.7. The molecular weight excluding hydrogens is 451 g/mol. The number of amides is 6. The number of hydrogen-bond donors (Lipinski definition) is 1. The molecule has 2 aromatic carbocycles. The van der Waals surface area contributed by atoms with E-state index >= 15 is 0 Å². The lowest BCUT2D eigenvalue weighted by atomic mass is 9.86. The van der Waals surface area contributed by atoms with Crippen LogP contribution in [0.5, 0.6) is 0 Å². The van der Waals surface area contributed by atoms with E-state index in [-0.39, 0.29) is 32.0 Å². The third-order valence-corrected chi connectivity index (χ3v) is 6.21. The average Bonchev–Trinajstić information content (AvgIpc) is 3.00. The van der Waals surface area contributed by atoms with Gasteiger partial charge in [0.25, 0.3) is 5.91 Å². The van der Waals surface area contributed by atoms with Crippen LogP contribution in [0.15, 0.2) is 48.5 Å². The van der Waals surface area contributed by atoms with Crippen molar-refractivity contribution in [3.63, 3.8) is 0 Å². The van der Waals surface area contributed by atoms with Crippen molar-refractivity contribution in [1.29, 1.82) is 0 Å². The molecule has 0 bridgehead atoms.